The number of nitrogens with one attached hydrogen (secondary N) is 1. The molecule has 1 aliphatic rings. The third-order valence-electron chi connectivity index (χ3n) is 4.11. The van der Waals surface area contributed by atoms with Gasteiger partial charge in [-0.15, -0.1) is 0 Å². The van der Waals surface area contributed by atoms with E-state index in [4.69, 9.17) is 4.74 Å². The average Bonchev–Trinajstić information content (AvgIpc) is 2.58. The predicted molar refractivity (Wildman–Crippen MR) is 81.1 cm³/mol. The van der Waals surface area contributed by atoms with Crippen molar-refractivity contribution in [3.8, 4) is 5.75 Å². The number of ether oxygens (including phenoxy) is 1. The number of methoxy groups -OCH3 is 1. The molecule has 3 nitrogen and oxygen atoms in total. The zero-order valence-corrected chi connectivity index (χ0v) is 12.6. The third-order valence-corrected chi connectivity index (χ3v) is 4.11. The monoisotopic (exact) mass is 262 g/mol. The standard InChI is InChI=1S/C16H26N2O/c1-5-12(2)17-15-7-6-10-18(3)16-9-8-13(19-4)11-14(15)16/h8-9,11-12,15,17H,5-7,10H2,1-4H3. The Morgan fingerprint density at radius 3 is 2.95 bits per heavy atom. The van der Waals surface area contributed by atoms with E-state index in [1.54, 1.807) is 7.11 Å². The molecule has 2 atom stereocenters. The van der Waals surface area contributed by atoms with Gasteiger partial charge in [0.15, 0.2) is 0 Å². The maximum Gasteiger partial charge on any atom is 0.119 e. The first-order valence-corrected chi connectivity index (χ1v) is 7.30. The van der Waals surface area contributed by atoms with Crippen molar-refractivity contribution in [1.29, 1.82) is 0 Å². The second kappa shape index (κ2) is 6.29. The highest BCUT2D eigenvalue weighted by molar-refractivity contribution is 5.58. The van der Waals surface area contributed by atoms with Gasteiger partial charge in [0.05, 0.1) is 7.11 Å². The quantitative estimate of drug-likeness (QED) is 0.900. The van der Waals surface area contributed by atoms with Crippen molar-refractivity contribution in [3.05, 3.63) is 23.8 Å². The molecular weight excluding hydrogens is 236 g/mol. The van der Waals surface area contributed by atoms with E-state index in [1.165, 1.54) is 24.1 Å². The van der Waals surface area contributed by atoms with Crippen LogP contribution in [0.1, 0.15) is 44.7 Å². The molecule has 0 saturated carbocycles. The molecule has 0 radical (unpaired) electrons. The van der Waals surface area contributed by atoms with Crippen LogP contribution in [0.4, 0.5) is 5.69 Å². The zero-order valence-electron chi connectivity index (χ0n) is 12.6. The molecule has 1 N–H and O–H groups in total. The Kier molecular flexibility index (Phi) is 4.70. The lowest BCUT2D eigenvalue weighted by Crippen LogP contribution is -2.30. The van der Waals surface area contributed by atoms with Crippen LogP contribution in [-0.2, 0) is 0 Å². The highest BCUT2D eigenvalue weighted by Crippen LogP contribution is 2.35. The van der Waals surface area contributed by atoms with Gasteiger partial charge in [-0.2, -0.15) is 0 Å². The fourth-order valence-electron chi connectivity index (χ4n) is 2.73. The first-order valence-electron chi connectivity index (χ1n) is 7.30. The van der Waals surface area contributed by atoms with E-state index in [9.17, 15) is 0 Å². The molecule has 0 amide bonds. The van der Waals surface area contributed by atoms with Crippen LogP contribution in [-0.4, -0.2) is 26.7 Å². The van der Waals surface area contributed by atoms with E-state index in [0.717, 1.165) is 18.7 Å². The second-order valence-corrected chi connectivity index (χ2v) is 5.52. The lowest BCUT2D eigenvalue weighted by molar-refractivity contribution is 0.407. The van der Waals surface area contributed by atoms with Crippen molar-refractivity contribution in [2.24, 2.45) is 0 Å². The van der Waals surface area contributed by atoms with Crippen LogP contribution in [0, 0.1) is 0 Å². The average molecular weight is 262 g/mol. The predicted octanol–water partition coefficient (Wildman–Crippen LogP) is 3.35. The molecule has 0 aliphatic carbocycles. The SMILES string of the molecule is CCC(C)NC1CCCN(C)c2ccc(OC)cc21. The minimum absolute atomic E-state index is 0.435. The van der Waals surface area contributed by atoms with E-state index in [1.807, 2.05) is 0 Å². The van der Waals surface area contributed by atoms with E-state index in [0.29, 0.717) is 12.1 Å². The number of fused-ring (bicyclic) bond motifs is 1. The van der Waals surface area contributed by atoms with Crippen molar-refractivity contribution < 1.29 is 4.74 Å². The molecule has 0 aromatic heterocycles. The smallest absolute Gasteiger partial charge is 0.119 e. The van der Waals surface area contributed by atoms with E-state index < -0.39 is 0 Å². The van der Waals surface area contributed by atoms with Crippen LogP contribution in [0.15, 0.2) is 18.2 Å². The molecule has 0 bridgehead atoms. The summed E-state index contributed by atoms with van der Waals surface area (Å²) in [5, 5.41) is 3.75. The molecule has 2 unspecified atom stereocenters. The van der Waals surface area contributed by atoms with Crippen LogP contribution in [0.25, 0.3) is 0 Å². The Balaban J connectivity index is 2.33. The summed E-state index contributed by atoms with van der Waals surface area (Å²) >= 11 is 0. The van der Waals surface area contributed by atoms with Crippen LogP contribution in [0.5, 0.6) is 5.75 Å². The van der Waals surface area contributed by atoms with Gasteiger partial charge in [0.25, 0.3) is 0 Å². The summed E-state index contributed by atoms with van der Waals surface area (Å²) in [4.78, 5) is 2.35. The number of nitrogens with zero attached hydrogens (tertiary/aromatic N) is 1. The molecule has 0 saturated heterocycles. The van der Waals surface area contributed by atoms with Gasteiger partial charge in [0.1, 0.15) is 5.75 Å². The lowest BCUT2D eigenvalue weighted by Gasteiger charge is -2.25. The normalized spacial score (nSPS) is 20.6. The number of benzene rings is 1. The Labute approximate surface area is 116 Å². The highest BCUT2D eigenvalue weighted by Gasteiger charge is 2.22. The van der Waals surface area contributed by atoms with E-state index in [-0.39, 0.29) is 0 Å². The van der Waals surface area contributed by atoms with Crippen molar-refractivity contribution in [2.75, 3.05) is 25.6 Å². The fourth-order valence-corrected chi connectivity index (χ4v) is 2.73. The number of rotatable bonds is 4. The summed E-state index contributed by atoms with van der Waals surface area (Å²) in [6.45, 7) is 5.61. The lowest BCUT2D eigenvalue weighted by atomic mass is 10.00. The molecule has 0 spiro atoms. The van der Waals surface area contributed by atoms with Crippen LogP contribution in [0.2, 0.25) is 0 Å². The van der Waals surface area contributed by atoms with Gasteiger partial charge in [-0.3, -0.25) is 0 Å². The van der Waals surface area contributed by atoms with Gasteiger partial charge < -0.3 is 15.0 Å². The summed E-state index contributed by atoms with van der Waals surface area (Å²) in [6.07, 6.45) is 3.57. The van der Waals surface area contributed by atoms with Gasteiger partial charge in [0.2, 0.25) is 0 Å². The fraction of sp³-hybridized carbons (Fsp3) is 0.625. The summed E-state index contributed by atoms with van der Waals surface area (Å²) in [6, 6.07) is 7.42. The Bertz CT molecular complexity index is 419. The first kappa shape index (κ1) is 14.2. The van der Waals surface area contributed by atoms with Gasteiger partial charge in [-0.1, -0.05) is 6.92 Å². The largest absolute Gasteiger partial charge is 0.497 e. The molecule has 1 aromatic rings. The Morgan fingerprint density at radius 2 is 2.26 bits per heavy atom. The summed E-state index contributed by atoms with van der Waals surface area (Å²) in [7, 11) is 3.91. The molecule has 3 heteroatoms. The third kappa shape index (κ3) is 3.21. The molecule has 1 heterocycles. The summed E-state index contributed by atoms with van der Waals surface area (Å²) in [5.41, 5.74) is 2.71. The zero-order chi connectivity index (χ0) is 13.8. The van der Waals surface area contributed by atoms with Crippen LogP contribution < -0.4 is 15.0 Å². The topological polar surface area (TPSA) is 24.5 Å². The summed E-state index contributed by atoms with van der Waals surface area (Å²) in [5.74, 6) is 0.949. The van der Waals surface area contributed by atoms with E-state index in [2.05, 4.69) is 49.3 Å². The highest BCUT2D eigenvalue weighted by atomic mass is 16.5. The molecule has 1 aliphatic heterocycles. The minimum atomic E-state index is 0.435. The number of anilines is 1. The van der Waals surface area contributed by atoms with Crippen molar-refractivity contribution in [1.82, 2.24) is 5.32 Å². The van der Waals surface area contributed by atoms with Crippen molar-refractivity contribution in [2.45, 2.75) is 45.2 Å². The molecule has 0 fully saturated rings. The first-order chi connectivity index (χ1) is 9.15. The maximum absolute atomic E-state index is 5.39. The molecular formula is C16H26N2O. The van der Waals surface area contributed by atoms with Crippen molar-refractivity contribution in [3.63, 3.8) is 0 Å². The van der Waals surface area contributed by atoms with Gasteiger partial charge >= 0.3 is 0 Å². The minimum Gasteiger partial charge on any atom is -0.497 e. The number of hydrogen-bond donors (Lipinski definition) is 1. The van der Waals surface area contributed by atoms with Gasteiger partial charge in [-0.25, -0.2) is 0 Å². The number of hydrogen-bond acceptors (Lipinski definition) is 3. The summed E-state index contributed by atoms with van der Waals surface area (Å²) < 4.78 is 5.39. The van der Waals surface area contributed by atoms with Gasteiger partial charge in [-0.05, 0) is 49.9 Å². The van der Waals surface area contributed by atoms with Crippen LogP contribution in [0.3, 0.4) is 0 Å². The van der Waals surface area contributed by atoms with Crippen LogP contribution >= 0.6 is 0 Å². The van der Waals surface area contributed by atoms with E-state index >= 15 is 0 Å². The van der Waals surface area contributed by atoms with Gasteiger partial charge in [0, 0.05) is 31.4 Å². The molecule has 2 rings (SSSR count). The van der Waals surface area contributed by atoms with Crippen molar-refractivity contribution >= 4 is 5.69 Å². The Hall–Kier alpha value is -1.22. The molecule has 106 valence electrons. The Morgan fingerprint density at radius 1 is 1.47 bits per heavy atom. The molecule has 19 heavy (non-hydrogen) atoms. The second-order valence-electron chi connectivity index (χ2n) is 5.52. The molecule has 1 aromatic carbocycles. The maximum atomic E-state index is 5.39.